The van der Waals surface area contributed by atoms with Crippen molar-refractivity contribution in [2.24, 2.45) is 5.92 Å². The van der Waals surface area contributed by atoms with Crippen molar-refractivity contribution in [2.45, 2.75) is 271 Å². The number of hydrogen-bond donors (Lipinski definition) is 0. The van der Waals surface area contributed by atoms with Crippen LogP contribution in [0.25, 0.3) is 0 Å². The van der Waals surface area contributed by atoms with Crippen LogP contribution in [0.5, 0.6) is 0 Å². The van der Waals surface area contributed by atoms with E-state index in [1.165, 1.54) is 161 Å². The van der Waals surface area contributed by atoms with Gasteiger partial charge in [-0.2, -0.15) is 0 Å². The highest BCUT2D eigenvalue weighted by molar-refractivity contribution is 5.71. The zero-order valence-corrected chi connectivity index (χ0v) is 36.7. The second-order valence-corrected chi connectivity index (χ2v) is 16.9. The summed E-state index contributed by atoms with van der Waals surface area (Å²) >= 11 is 0. The van der Waals surface area contributed by atoms with E-state index in [2.05, 4.69) is 27.7 Å². The van der Waals surface area contributed by atoms with Crippen molar-refractivity contribution in [3.05, 3.63) is 0 Å². The van der Waals surface area contributed by atoms with Gasteiger partial charge in [-0.1, -0.05) is 227 Å². The highest BCUT2D eigenvalue weighted by Crippen LogP contribution is 2.16. The molecule has 0 amide bonds. The fourth-order valence-electron chi connectivity index (χ4n) is 7.16. The molecule has 0 saturated heterocycles. The third kappa shape index (κ3) is 41.6. The minimum atomic E-state index is -0.758. The van der Waals surface area contributed by atoms with Crippen molar-refractivity contribution in [1.29, 1.82) is 0 Å². The number of ether oxygens (including phenoxy) is 3. The topological polar surface area (TPSA) is 78.9 Å². The fraction of sp³-hybridized carbons (Fsp3) is 0.938. The Bertz CT molecular complexity index is 811. The lowest BCUT2D eigenvalue weighted by molar-refractivity contribution is -0.167. The average molecular weight is 765 g/mol. The van der Waals surface area contributed by atoms with Crippen molar-refractivity contribution in [3.63, 3.8) is 0 Å². The van der Waals surface area contributed by atoms with Crippen molar-refractivity contribution in [3.8, 4) is 0 Å². The molecule has 6 heteroatoms. The first-order chi connectivity index (χ1) is 26.4. The van der Waals surface area contributed by atoms with Gasteiger partial charge >= 0.3 is 17.9 Å². The zero-order chi connectivity index (χ0) is 39.6. The Balaban J connectivity index is 4.22. The monoisotopic (exact) mass is 765 g/mol. The zero-order valence-electron chi connectivity index (χ0n) is 36.7. The highest BCUT2D eigenvalue weighted by atomic mass is 16.6. The van der Waals surface area contributed by atoms with Gasteiger partial charge in [0.2, 0.25) is 0 Å². The molecule has 0 saturated carbocycles. The van der Waals surface area contributed by atoms with Gasteiger partial charge in [0.15, 0.2) is 6.10 Å². The predicted molar refractivity (Wildman–Crippen MR) is 229 cm³/mol. The van der Waals surface area contributed by atoms with Crippen molar-refractivity contribution in [2.75, 3.05) is 13.2 Å². The maximum Gasteiger partial charge on any atom is 0.306 e. The molecule has 0 aromatic rings. The van der Waals surface area contributed by atoms with Gasteiger partial charge in [0.25, 0.3) is 0 Å². The third-order valence-electron chi connectivity index (χ3n) is 10.8. The normalized spacial score (nSPS) is 11.9. The molecule has 0 aliphatic heterocycles. The van der Waals surface area contributed by atoms with Gasteiger partial charge in [-0.3, -0.25) is 14.4 Å². The Morgan fingerprint density at radius 2 is 0.611 bits per heavy atom. The molecule has 0 rings (SSSR count). The van der Waals surface area contributed by atoms with Crippen molar-refractivity contribution < 1.29 is 28.6 Å². The summed E-state index contributed by atoms with van der Waals surface area (Å²) in [6.45, 7) is 8.99. The van der Waals surface area contributed by atoms with Crippen LogP contribution < -0.4 is 0 Å². The average Bonchev–Trinajstić information content (AvgIpc) is 3.15. The summed E-state index contributed by atoms with van der Waals surface area (Å²) in [4.78, 5) is 37.7. The van der Waals surface area contributed by atoms with Crippen LogP contribution in [0.4, 0.5) is 0 Å². The van der Waals surface area contributed by atoms with Crippen LogP contribution in [0, 0.1) is 5.92 Å². The molecule has 0 spiro atoms. The van der Waals surface area contributed by atoms with Gasteiger partial charge in [0.1, 0.15) is 13.2 Å². The van der Waals surface area contributed by atoms with E-state index in [4.69, 9.17) is 14.2 Å². The number of rotatable bonds is 43. The van der Waals surface area contributed by atoms with E-state index in [1.807, 2.05) is 0 Å². The van der Waals surface area contributed by atoms with Crippen LogP contribution >= 0.6 is 0 Å². The summed E-state index contributed by atoms with van der Waals surface area (Å²) in [5.41, 5.74) is 0. The van der Waals surface area contributed by atoms with E-state index >= 15 is 0 Å². The van der Waals surface area contributed by atoms with Crippen LogP contribution in [0.1, 0.15) is 265 Å². The van der Waals surface area contributed by atoms with Crippen molar-refractivity contribution >= 4 is 17.9 Å². The van der Waals surface area contributed by atoms with Gasteiger partial charge < -0.3 is 14.2 Å². The summed E-state index contributed by atoms with van der Waals surface area (Å²) in [6.07, 6.45) is 42.3. The fourth-order valence-corrected chi connectivity index (χ4v) is 7.16. The molecule has 54 heavy (non-hydrogen) atoms. The second kappa shape index (κ2) is 42.6. The third-order valence-corrected chi connectivity index (χ3v) is 10.8. The first-order valence-corrected chi connectivity index (χ1v) is 23.9. The summed E-state index contributed by atoms with van der Waals surface area (Å²) in [7, 11) is 0. The van der Waals surface area contributed by atoms with E-state index in [9.17, 15) is 14.4 Å². The molecular weight excluding hydrogens is 673 g/mol. The lowest BCUT2D eigenvalue weighted by Crippen LogP contribution is -2.30. The SMILES string of the molecule is CCCCCCCCCCCCC(=O)OC[C@H](COC(=O)CCCCCCCCCCCCCCCCC(C)C)OC(=O)CCCCCCCCCCC. The molecule has 0 aliphatic rings. The minimum Gasteiger partial charge on any atom is -0.462 e. The van der Waals surface area contributed by atoms with Gasteiger partial charge in [-0.25, -0.2) is 0 Å². The summed E-state index contributed by atoms with van der Waals surface area (Å²) in [5, 5.41) is 0. The molecule has 6 nitrogen and oxygen atoms in total. The first kappa shape index (κ1) is 52.4. The van der Waals surface area contributed by atoms with Crippen LogP contribution in [0.15, 0.2) is 0 Å². The molecule has 0 aromatic carbocycles. The highest BCUT2D eigenvalue weighted by Gasteiger charge is 2.19. The van der Waals surface area contributed by atoms with E-state index < -0.39 is 6.10 Å². The molecule has 320 valence electrons. The van der Waals surface area contributed by atoms with Gasteiger partial charge in [0, 0.05) is 19.3 Å². The molecule has 0 bridgehead atoms. The Hall–Kier alpha value is -1.59. The maximum absolute atomic E-state index is 12.7. The molecule has 1 atom stereocenters. The molecule has 0 aromatic heterocycles. The van der Waals surface area contributed by atoms with Gasteiger partial charge in [0.05, 0.1) is 0 Å². The predicted octanol–water partition coefficient (Wildman–Crippen LogP) is 15.1. The molecule has 0 heterocycles. The number of unbranched alkanes of at least 4 members (excludes halogenated alkanes) is 30. The Labute approximate surface area is 336 Å². The van der Waals surface area contributed by atoms with Gasteiger partial charge in [-0.05, 0) is 25.2 Å². The van der Waals surface area contributed by atoms with Crippen LogP contribution in [-0.4, -0.2) is 37.2 Å². The second-order valence-electron chi connectivity index (χ2n) is 16.9. The smallest absolute Gasteiger partial charge is 0.306 e. The van der Waals surface area contributed by atoms with E-state index in [1.54, 1.807) is 0 Å². The van der Waals surface area contributed by atoms with Crippen molar-refractivity contribution in [1.82, 2.24) is 0 Å². The van der Waals surface area contributed by atoms with E-state index in [0.717, 1.165) is 63.7 Å². The molecule has 0 N–H and O–H groups in total. The Kier molecular flexibility index (Phi) is 41.3. The maximum atomic E-state index is 12.7. The lowest BCUT2D eigenvalue weighted by atomic mass is 10.0. The standard InChI is InChI=1S/C48H92O6/c1-5-7-9-11-13-15-24-27-31-35-39-46(49)52-42-45(54-48(51)41-37-33-29-22-14-12-10-8-6-2)43-53-47(50)40-36-32-28-25-21-19-17-16-18-20-23-26-30-34-38-44(3)4/h44-45H,5-43H2,1-4H3/t45-/m1/s1. The van der Waals surface area contributed by atoms with Crippen LogP contribution in [0.2, 0.25) is 0 Å². The minimum absolute atomic E-state index is 0.0635. The molecule has 0 aliphatic carbocycles. The van der Waals surface area contributed by atoms with Crippen LogP contribution in [-0.2, 0) is 28.6 Å². The van der Waals surface area contributed by atoms with E-state index in [0.29, 0.717) is 19.3 Å². The summed E-state index contributed by atoms with van der Waals surface area (Å²) in [6, 6.07) is 0. The number of carbonyl (C=O) groups excluding carboxylic acids is 3. The number of carbonyl (C=O) groups is 3. The molecule has 0 unspecified atom stereocenters. The number of esters is 3. The Morgan fingerprint density at radius 1 is 0.352 bits per heavy atom. The quantitative estimate of drug-likeness (QED) is 0.0349. The number of hydrogen-bond acceptors (Lipinski definition) is 6. The lowest BCUT2D eigenvalue weighted by Gasteiger charge is -2.18. The Morgan fingerprint density at radius 3 is 0.907 bits per heavy atom. The summed E-state index contributed by atoms with van der Waals surface area (Å²) in [5.74, 6) is -0.00950. The molecule has 0 fully saturated rings. The first-order valence-electron chi connectivity index (χ1n) is 23.9. The van der Waals surface area contributed by atoms with E-state index in [-0.39, 0.29) is 31.1 Å². The van der Waals surface area contributed by atoms with Crippen LogP contribution in [0.3, 0.4) is 0 Å². The van der Waals surface area contributed by atoms with Gasteiger partial charge in [-0.15, -0.1) is 0 Å². The molecule has 0 radical (unpaired) electrons. The molecular formula is C48H92O6. The largest absolute Gasteiger partial charge is 0.462 e. The summed E-state index contributed by atoms with van der Waals surface area (Å²) < 4.78 is 16.7.